The lowest BCUT2D eigenvalue weighted by Crippen LogP contribution is -2.16. The zero-order chi connectivity index (χ0) is 19.2. The Labute approximate surface area is 156 Å². The summed E-state index contributed by atoms with van der Waals surface area (Å²) in [4.78, 5) is 32.9. The van der Waals surface area contributed by atoms with Crippen LogP contribution in [0.4, 0.5) is 17.3 Å². The van der Waals surface area contributed by atoms with Gasteiger partial charge in [0, 0.05) is 23.6 Å². The Hall–Kier alpha value is -3.74. The van der Waals surface area contributed by atoms with E-state index in [0.717, 1.165) is 5.56 Å². The number of ether oxygens (including phenoxy) is 1. The van der Waals surface area contributed by atoms with E-state index in [1.54, 1.807) is 67.8 Å². The topological polar surface area (TPSA) is 93.2 Å². The maximum absolute atomic E-state index is 12.7. The van der Waals surface area contributed by atoms with Crippen molar-refractivity contribution < 1.29 is 14.3 Å². The van der Waals surface area contributed by atoms with Crippen molar-refractivity contribution in [2.24, 2.45) is 0 Å². The van der Waals surface area contributed by atoms with E-state index in [4.69, 9.17) is 4.74 Å². The first-order valence-corrected chi connectivity index (χ1v) is 8.22. The Kier molecular flexibility index (Phi) is 5.41. The zero-order valence-electron chi connectivity index (χ0n) is 14.9. The number of nitrogens with one attached hydrogen (secondary N) is 2. The van der Waals surface area contributed by atoms with Gasteiger partial charge in [-0.05, 0) is 42.8 Å². The fraction of sp³-hybridized carbons (Fsp3) is 0.100. The quantitative estimate of drug-likeness (QED) is 0.674. The summed E-state index contributed by atoms with van der Waals surface area (Å²) in [6, 6.07) is 13.8. The smallest absolute Gasteiger partial charge is 0.340 e. The number of benzene rings is 2. The second-order valence-electron chi connectivity index (χ2n) is 5.72. The molecule has 3 aromatic rings. The van der Waals surface area contributed by atoms with Gasteiger partial charge in [0.1, 0.15) is 0 Å². The van der Waals surface area contributed by atoms with E-state index in [0.29, 0.717) is 28.5 Å². The van der Waals surface area contributed by atoms with Crippen LogP contribution in [0.25, 0.3) is 0 Å². The van der Waals surface area contributed by atoms with Gasteiger partial charge in [-0.2, -0.15) is 0 Å². The molecule has 3 rings (SSSR count). The summed E-state index contributed by atoms with van der Waals surface area (Å²) in [5.41, 5.74) is 2.55. The van der Waals surface area contributed by atoms with E-state index < -0.39 is 5.97 Å². The van der Waals surface area contributed by atoms with E-state index in [1.165, 1.54) is 7.11 Å². The zero-order valence-corrected chi connectivity index (χ0v) is 14.9. The van der Waals surface area contributed by atoms with Crippen molar-refractivity contribution in [3.8, 4) is 0 Å². The minimum Gasteiger partial charge on any atom is -0.465 e. The summed E-state index contributed by atoms with van der Waals surface area (Å²) in [5, 5.41) is 5.81. The second kappa shape index (κ2) is 8.09. The SMILES string of the molecule is COC(=O)c1c(C)cccc1NC(=O)c1cccc(Nc2ncccn2)c1. The molecule has 1 amide bonds. The lowest BCUT2D eigenvalue weighted by molar-refractivity contribution is 0.0601. The van der Waals surface area contributed by atoms with Crippen molar-refractivity contribution >= 4 is 29.2 Å². The van der Waals surface area contributed by atoms with E-state index >= 15 is 0 Å². The third kappa shape index (κ3) is 4.27. The molecule has 0 saturated heterocycles. The van der Waals surface area contributed by atoms with Gasteiger partial charge < -0.3 is 15.4 Å². The highest BCUT2D eigenvalue weighted by molar-refractivity contribution is 6.08. The standard InChI is InChI=1S/C20H18N4O3/c1-13-6-3-9-16(17(13)19(26)27-2)24-18(25)14-7-4-8-15(12-14)23-20-21-10-5-11-22-20/h3-12H,1-2H3,(H,24,25)(H,21,22,23). The number of methoxy groups -OCH3 is 1. The summed E-state index contributed by atoms with van der Waals surface area (Å²) in [5.74, 6) is -0.412. The number of amides is 1. The van der Waals surface area contributed by atoms with Crippen LogP contribution in [-0.2, 0) is 4.74 Å². The maximum atomic E-state index is 12.7. The molecule has 7 nitrogen and oxygen atoms in total. The van der Waals surface area contributed by atoms with Gasteiger partial charge in [-0.25, -0.2) is 14.8 Å². The minimum absolute atomic E-state index is 0.334. The fourth-order valence-electron chi connectivity index (χ4n) is 2.57. The molecule has 136 valence electrons. The van der Waals surface area contributed by atoms with Gasteiger partial charge in [0.05, 0.1) is 18.4 Å². The average Bonchev–Trinajstić information content (AvgIpc) is 2.68. The molecule has 0 fully saturated rings. The Morgan fingerprint density at radius 2 is 1.74 bits per heavy atom. The molecule has 27 heavy (non-hydrogen) atoms. The molecule has 0 aliphatic rings. The Morgan fingerprint density at radius 3 is 2.48 bits per heavy atom. The van der Waals surface area contributed by atoms with Gasteiger partial charge in [-0.15, -0.1) is 0 Å². The number of nitrogens with zero attached hydrogens (tertiary/aromatic N) is 2. The lowest BCUT2D eigenvalue weighted by atomic mass is 10.1. The molecule has 0 radical (unpaired) electrons. The molecule has 0 aliphatic carbocycles. The number of carbonyl (C=O) groups is 2. The van der Waals surface area contributed by atoms with Crippen LogP contribution in [0.1, 0.15) is 26.3 Å². The van der Waals surface area contributed by atoms with Gasteiger partial charge >= 0.3 is 5.97 Å². The molecule has 7 heteroatoms. The summed E-state index contributed by atoms with van der Waals surface area (Å²) < 4.78 is 4.82. The number of hydrogen-bond acceptors (Lipinski definition) is 6. The van der Waals surface area contributed by atoms with Crippen molar-refractivity contribution in [1.29, 1.82) is 0 Å². The Morgan fingerprint density at radius 1 is 1.00 bits per heavy atom. The molecular formula is C20H18N4O3. The van der Waals surface area contributed by atoms with Crippen molar-refractivity contribution in [3.05, 3.63) is 77.6 Å². The van der Waals surface area contributed by atoms with Gasteiger partial charge in [0.2, 0.25) is 5.95 Å². The normalized spacial score (nSPS) is 10.1. The Balaban J connectivity index is 1.82. The molecule has 2 aromatic carbocycles. The first-order valence-electron chi connectivity index (χ1n) is 8.22. The monoisotopic (exact) mass is 362 g/mol. The number of esters is 1. The minimum atomic E-state index is -0.500. The van der Waals surface area contributed by atoms with E-state index in [9.17, 15) is 9.59 Å². The van der Waals surface area contributed by atoms with Crippen molar-refractivity contribution in [1.82, 2.24) is 9.97 Å². The first-order chi connectivity index (χ1) is 13.1. The van der Waals surface area contributed by atoms with Crippen LogP contribution in [-0.4, -0.2) is 29.0 Å². The molecule has 0 aliphatic heterocycles. The number of anilines is 3. The highest BCUT2D eigenvalue weighted by Crippen LogP contribution is 2.22. The second-order valence-corrected chi connectivity index (χ2v) is 5.72. The lowest BCUT2D eigenvalue weighted by Gasteiger charge is -2.12. The molecule has 0 bridgehead atoms. The first kappa shape index (κ1) is 18.1. The fourth-order valence-corrected chi connectivity index (χ4v) is 2.57. The Bertz CT molecular complexity index is 974. The van der Waals surface area contributed by atoms with Crippen LogP contribution in [0.3, 0.4) is 0 Å². The van der Waals surface area contributed by atoms with Crippen molar-refractivity contribution in [2.75, 3.05) is 17.7 Å². The summed E-state index contributed by atoms with van der Waals surface area (Å²) >= 11 is 0. The largest absolute Gasteiger partial charge is 0.465 e. The van der Waals surface area contributed by atoms with Crippen LogP contribution >= 0.6 is 0 Å². The highest BCUT2D eigenvalue weighted by Gasteiger charge is 2.17. The molecular weight excluding hydrogens is 344 g/mol. The molecule has 1 heterocycles. The van der Waals surface area contributed by atoms with Crippen LogP contribution < -0.4 is 10.6 Å². The number of carbonyl (C=O) groups excluding carboxylic acids is 2. The van der Waals surface area contributed by atoms with Crippen LogP contribution in [0.5, 0.6) is 0 Å². The molecule has 2 N–H and O–H groups in total. The van der Waals surface area contributed by atoms with Crippen LogP contribution in [0.15, 0.2) is 60.9 Å². The number of hydrogen-bond donors (Lipinski definition) is 2. The predicted octanol–water partition coefficient (Wildman–Crippen LogP) is 3.57. The number of rotatable bonds is 5. The van der Waals surface area contributed by atoms with Gasteiger partial charge in [0.25, 0.3) is 5.91 Å². The van der Waals surface area contributed by atoms with Gasteiger partial charge in [-0.1, -0.05) is 18.2 Å². The van der Waals surface area contributed by atoms with Gasteiger partial charge in [-0.3, -0.25) is 4.79 Å². The molecule has 0 saturated carbocycles. The third-order valence-electron chi connectivity index (χ3n) is 3.86. The molecule has 1 aromatic heterocycles. The van der Waals surface area contributed by atoms with E-state index in [2.05, 4.69) is 20.6 Å². The third-order valence-corrected chi connectivity index (χ3v) is 3.86. The molecule has 0 spiro atoms. The predicted molar refractivity (Wildman–Crippen MR) is 102 cm³/mol. The summed E-state index contributed by atoms with van der Waals surface area (Å²) in [6.07, 6.45) is 3.25. The average molecular weight is 362 g/mol. The molecule has 0 atom stereocenters. The number of aromatic nitrogens is 2. The summed E-state index contributed by atoms with van der Waals surface area (Å²) in [7, 11) is 1.31. The molecule has 0 unspecified atom stereocenters. The summed E-state index contributed by atoms with van der Waals surface area (Å²) in [6.45, 7) is 1.78. The van der Waals surface area contributed by atoms with Gasteiger partial charge in [0.15, 0.2) is 0 Å². The maximum Gasteiger partial charge on any atom is 0.340 e. The highest BCUT2D eigenvalue weighted by atomic mass is 16.5. The van der Waals surface area contributed by atoms with Crippen LogP contribution in [0, 0.1) is 6.92 Å². The number of aryl methyl sites for hydroxylation is 1. The van der Waals surface area contributed by atoms with E-state index in [-0.39, 0.29) is 5.91 Å². The van der Waals surface area contributed by atoms with Crippen molar-refractivity contribution in [3.63, 3.8) is 0 Å². The van der Waals surface area contributed by atoms with E-state index in [1.807, 2.05) is 0 Å². The van der Waals surface area contributed by atoms with Crippen molar-refractivity contribution in [2.45, 2.75) is 6.92 Å². The van der Waals surface area contributed by atoms with Crippen LogP contribution in [0.2, 0.25) is 0 Å².